The highest BCUT2D eigenvalue weighted by Crippen LogP contribution is 2.42. The number of fused-ring (bicyclic) bond motifs is 1. The molecule has 0 spiro atoms. The summed E-state index contributed by atoms with van der Waals surface area (Å²) < 4.78 is 109. The number of azo groups is 1. The van der Waals surface area contributed by atoms with Crippen LogP contribution < -0.4 is 10.2 Å². The second-order valence-electron chi connectivity index (χ2n) is 9.73. The predicted octanol–water partition coefficient (Wildman–Crippen LogP) is 2.77. The predicted molar refractivity (Wildman–Crippen MR) is 161 cm³/mol. The van der Waals surface area contributed by atoms with Crippen molar-refractivity contribution in [2.24, 2.45) is 10.2 Å². The largest absolute Gasteiger partial charge is 0.505 e. The number of anilines is 3. The monoisotopic (exact) mass is 697 g/mol. The van der Waals surface area contributed by atoms with E-state index in [1.54, 1.807) is 4.90 Å². The van der Waals surface area contributed by atoms with Gasteiger partial charge in [0.05, 0.1) is 35.3 Å². The van der Waals surface area contributed by atoms with Crippen molar-refractivity contribution < 1.29 is 48.6 Å². The van der Waals surface area contributed by atoms with Crippen molar-refractivity contribution in [1.82, 2.24) is 15.0 Å². The van der Waals surface area contributed by atoms with Crippen LogP contribution in [-0.2, 0) is 34.8 Å². The number of rotatable bonds is 10. The van der Waals surface area contributed by atoms with Gasteiger partial charge < -0.3 is 20.1 Å². The molecule has 0 saturated carbocycles. The van der Waals surface area contributed by atoms with Gasteiger partial charge in [-0.3, -0.25) is 9.11 Å². The van der Waals surface area contributed by atoms with Crippen LogP contribution in [0.5, 0.6) is 5.75 Å². The summed E-state index contributed by atoms with van der Waals surface area (Å²) in [6.07, 6.45) is -1.04. The molecule has 1 fully saturated rings. The average molecular weight is 698 g/mol. The minimum atomic E-state index is -4.94. The molecule has 17 nitrogen and oxygen atoms in total. The number of sulfone groups is 1. The number of halogens is 1. The lowest BCUT2D eigenvalue weighted by Crippen LogP contribution is -2.37. The van der Waals surface area contributed by atoms with Crippen LogP contribution in [-0.4, -0.2) is 92.2 Å². The molecule has 1 aliphatic rings. The van der Waals surface area contributed by atoms with Crippen LogP contribution in [0.3, 0.4) is 0 Å². The van der Waals surface area contributed by atoms with E-state index in [0.717, 1.165) is 18.2 Å². The first-order valence-corrected chi connectivity index (χ1v) is 17.8. The molecule has 5 rings (SSSR count). The van der Waals surface area contributed by atoms with Crippen molar-refractivity contribution in [1.29, 1.82) is 0 Å². The smallest absolute Gasteiger partial charge is 0.315 e. The van der Waals surface area contributed by atoms with Gasteiger partial charge in [0.1, 0.15) is 10.6 Å². The normalized spacial score (nSPS) is 14.6. The van der Waals surface area contributed by atoms with Crippen molar-refractivity contribution in [3.63, 3.8) is 0 Å². The summed E-state index contributed by atoms with van der Waals surface area (Å²) in [5.41, 5.74) is -0.384. The third-order valence-corrected chi connectivity index (χ3v) is 10.1. The average Bonchev–Trinajstić information content (AvgIpc) is 2.99. The second kappa shape index (κ2) is 12.8. The molecule has 0 bridgehead atoms. The van der Waals surface area contributed by atoms with Gasteiger partial charge in [-0.05, 0) is 47.9 Å². The summed E-state index contributed by atoms with van der Waals surface area (Å²) in [5, 5.41) is 21.7. The fourth-order valence-electron chi connectivity index (χ4n) is 4.30. The second-order valence-corrected chi connectivity index (χ2v) is 14.8. The number of aromatic hydroxyl groups is 1. The van der Waals surface area contributed by atoms with E-state index in [0.29, 0.717) is 26.3 Å². The Hall–Kier alpha value is -4.41. The van der Waals surface area contributed by atoms with Gasteiger partial charge in [0.15, 0.2) is 15.6 Å². The van der Waals surface area contributed by atoms with Crippen LogP contribution in [0.15, 0.2) is 68.6 Å². The quantitative estimate of drug-likeness (QED) is 0.137. The Kier molecular flexibility index (Phi) is 9.15. The Morgan fingerprint density at radius 2 is 1.59 bits per heavy atom. The standard InChI is InChI=1S/C25H24FN7O10S3/c26-23-28-24(30-25(29-23)33-7-9-43-10-8-33)27-17-2-1-15-13-20(46(40,41)42)21(22(34)19(15)14-17)32-31-16-3-5-18(6-4-16)44(35,36)11-12-45(37,38)39/h1-6,13-14,34H,7-12H2,(H,37,38,39)(H,40,41,42)(H,27,28,29,30). The summed E-state index contributed by atoms with van der Waals surface area (Å²) in [6, 6.07) is 9.83. The number of aromatic nitrogens is 3. The molecule has 46 heavy (non-hydrogen) atoms. The molecule has 0 amide bonds. The number of phenolic OH excluding ortho intramolecular Hbond substituents is 1. The van der Waals surface area contributed by atoms with Crippen LogP contribution in [0.25, 0.3) is 10.8 Å². The number of nitrogens with zero attached hydrogens (tertiary/aromatic N) is 6. The molecule has 244 valence electrons. The molecule has 0 radical (unpaired) electrons. The number of benzene rings is 3. The Labute approximate surface area is 261 Å². The summed E-state index contributed by atoms with van der Waals surface area (Å²) in [5.74, 6) is -2.63. The van der Waals surface area contributed by atoms with Crippen molar-refractivity contribution in [2.75, 3.05) is 48.0 Å². The maximum atomic E-state index is 14.2. The zero-order valence-electron chi connectivity index (χ0n) is 23.3. The van der Waals surface area contributed by atoms with Gasteiger partial charge in [-0.15, -0.1) is 5.11 Å². The number of nitrogens with one attached hydrogen (secondary N) is 1. The molecule has 0 unspecified atom stereocenters. The zero-order chi connectivity index (χ0) is 33.3. The molecule has 1 aliphatic heterocycles. The summed E-state index contributed by atoms with van der Waals surface area (Å²) >= 11 is 0. The van der Waals surface area contributed by atoms with Crippen LogP contribution in [0, 0.1) is 6.08 Å². The number of morpholine rings is 1. The van der Waals surface area contributed by atoms with Crippen molar-refractivity contribution in [3.8, 4) is 5.75 Å². The van der Waals surface area contributed by atoms with Gasteiger partial charge >= 0.3 is 6.08 Å². The fraction of sp³-hybridized carbons (Fsp3) is 0.240. The topological polar surface area (TPSA) is 251 Å². The highest BCUT2D eigenvalue weighted by Gasteiger charge is 2.23. The van der Waals surface area contributed by atoms with Gasteiger partial charge in [-0.2, -0.15) is 41.3 Å². The zero-order valence-corrected chi connectivity index (χ0v) is 25.8. The molecule has 0 atom stereocenters. The maximum Gasteiger partial charge on any atom is 0.315 e. The lowest BCUT2D eigenvalue weighted by atomic mass is 10.1. The third kappa shape index (κ3) is 7.86. The van der Waals surface area contributed by atoms with Crippen molar-refractivity contribution in [2.45, 2.75) is 9.79 Å². The SMILES string of the molecule is O=S(=O)(O)CCS(=O)(=O)c1ccc(N=Nc2c(S(=O)(=O)O)cc3ccc(Nc4nc(F)nc(N5CCOCC5)n4)cc3c2O)cc1. The lowest BCUT2D eigenvalue weighted by Gasteiger charge is -2.26. The third-order valence-electron chi connectivity index (χ3n) is 6.55. The van der Waals surface area contributed by atoms with Gasteiger partial charge in [0, 0.05) is 24.2 Å². The number of ether oxygens (including phenoxy) is 1. The minimum Gasteiger partial charge on any atom is -0.505 e. The van der Waals surface area contributed by atoms with Crippen LogP contribution in [0.4, 0.5) is 33.3 Å². The highest BCUT2D eigenvalue weighted by atomic mass is 32.2. The van der Waals surface area contributed by atoms with E-state index in [1.165, 1.54) is 30.3 Å². The van der Waals surface area contributed by atoms with E-state index in [-0.39, 0.29) is 38.9 Å². The first-order chi connectivity index (χ1) is 21.6. The first-order valence-electron chi connectivity index (χ1n) is 13.1. The summed E-state index contributed by atoms with van der Waals surface area (Å²) in [7, 11) is -13.5. The molecule has 1 saturated heterocycles. The van der Waals surface area contributed by atoms with E-state index < -0.39 is 64.0 Å². The van der Waals surface area contributed by atoms with Crippen molar-refractivity contribution in [3.05, 3.63) is 54.6 Å². The molecule has 4 N–H and O–H groups in total. The van der Waals surface area contributed by atoms with Crippen LogP contribution in [0.1, 0.15) is 0 Å². The molecule has 0 aliphatic carbocycles. The number of hydrogen-bond acceptors (Lipinski definition) is 15. The molecule has 21 heteroatoms. The lowest BCUT2D eigenvalue weighted by molar-refractivity contribution is 0.122. The Morgan fingerprint density at radius 1 is 0.891 bits per heavy atom. The number of hydrogen-bond donors (Lipinski definition) is 4. The summed E-state index contributed by atoms with van der Waals surface area (Å²) in [4.78, 5) is 12.3. The molecule has 4 aromatic rings. The van der Waals surface area contributed by atoms with E-state index in [9.17, 15) is 39.3 Å². The Balaban J connectivity index is 1.46. The van der Waals surface area contributed by atoms with Crippen LogP contribution in [0.2, 0.25) is 0 Å². The first kappa shape index (κ1) is 33.0. The van der Waals surface area contributed by atoms with E-state index in [2.05, 4.69) is 30.5 Å². The molecule has 3 aromatic carbocycles. The van der Waals surface area contributed by atoms with Crippen molar-refractivity contribution >= 4 is 69.8 Å². The summed E-state index contributed by atoms with van der Waals surface area (Å²) in [6.45, 7) is 1.72. The van der Waals surface area contributed by atoms with Gasteiger partial charge in [-0.25, -0.2) is 8.42 Å². The molecule has 2 heterocycles. The van der Waals surface area contributed by atoms with Gasteiger partial charge in [-0.1, -0.05) is 6.07 Å². The van der Waals surface area contributed by atoms with Gasteiger partial charge in [0.2, 0.25) is 11.9 Å². The molecule has 1 aromatic heterocycles. The Bertz CT molecular complexity index is 2160. The van der Waals surface area contributed by atoms with E-state index in [4.69, 9.17) is 9.29 Å². The van der Waals surface area contributed by atoms with Crippen LogP contribution >= 0.6 is 0 Å². The maximum absolute atomic E-state index is 14.2. The minimum absolute atomic E-state index is 0.00198. The Morgan fingerprint density at radius 3 is 2.24 bits per heavy atom. The highest BCUT2D eigenvalue weighted by molar-refractivity contribution is 7.93. The molecular weight excluding hydrogens is 674 g/mol. The van der Waals surface area contributed by atoms with E-state index in [1.807, 2.05) is 0 Å². The number of phenols is 1. The van der Waals surface area contributed by atoms with E-state index >= 15 is 0 Å². The fourth-order valence-corrected chi connectivity index (χ4v) is 7.47. The molecular formula is C25H24FN7O10S3. The van der Waals surface area contributed by atoms with Gasteiger partial charge in [0.25, 0.3) is 20.2 Å².